The summed E-state index contributed by atoms with van der Waals surface area (Å²) >= 11 is 0. The van der Waals surface area contributed by atoms with Gasteiger partial charge in [0.1, 0.15) is 0 Å². The SMILES string of the molecule is Cc1ccc(CN(C)C(=O)C2CCN(C(=O)C=Cc3ccccc3)CC2)c(C)c1. The minimum atomic E-state index is -0.00657. The number of carbonyl (C=O) groups excluding carboxylic acids is 2. The Kier molecular flexibility index (Phi) is 6.86. The van der Waals surface area contributed by atoms with Gasteiger partial charge < -0.3 is 9.80 Å². The highest BCUT2D eigenvalue weighted by molar-refractivity contribution is 5.92. The van der Waals surface area contributed by atoms with Gasteiger partial charge in [-0.15, -0.1) is 0 Å². The third-order valence-corrected chi connectivity index (χ3v) is 5.66. The Morgan fingerprint density at radius 2 is 1.76 bits per heavy atom. The molecular formula is C25H30N2O2. The summed E-state index contributed by atoms with van der Waals surface area (Å²) in [6, 6.07) is 16.2. The van der Waals surface area contributed by atoms with Crippen LogP contribution in [0.2, 0.25) is 0 Å². The molecule has 1 aliphatic rings. The van der Waals surface area contributed by atoms with E-state index in [2.05, 4.69) is 32.0 Å². The third kappa shape index (κ3) is 5.57. The number of rotatable bonds is 5. The molecule has 0 unspecified atom stereocenters. The predicted molar refractivity (Wildman–Crippen MR) is 117 cm³/mol. The number of hydrogen-bond acceptors (Lipinski definition) is 2. The lowest BCUT2D eigenvalue weighted by Crippen LogP contribution is -2.42. The second-order valence-electron chi connectivity index (χ2n) is 7.97. The smallest absolute Gasteiger partial charge is 0.246 e. The van der Waals surface area contributed by atoms with Gasteiger partial charge in [-0.3, -0.25) is 9.59 Å². The summed E-state index contributed by atoms with van der Waals surface area (Å²) in [5, 5.41) is 0. The molecule has 0 aliphatic carbocycles. The number of aryl methyl sites for hydroxylation is 2. The second kappa shape index (κ2) is 9.55. The first-order valence-electron chi connectivity index (χ1n) is 10.3. The van der Waals surface area contributed by atoms with E-state index in [1.807, 2.05) is 53.3 Å². The van der Waals surface area contributed by atoms with Gasteiger partial charge in [0, 0.05) is 38.7 Å². The molecular weight excluding hydrogens is 360 g/mol. The van der Waals surface area contributed by atoms with E-state index in [-0.39, 0.29) is 17.7 Å². The van der Waals surface area contributed by atoms with Crippen molar-refractivity contribution < 1.29 is 9.59 Å². The van der Waals surface area contributed by atoms with E-state index in [1.54, 1.807) is 6.08 Å². The van der Waals surface area contributed by atoms with Crippen LogP contribution in [0.5, 0.6) is 0 Å². The maximum Gasteiger partial charge on any atom is 0.246 e. The molecule has 152 valence electrons. The fourth-order valence-corrected chi connectivity index (χ4v) is 3.85. The molecule has 0 atom stereocenters. The van der Waals surface area contributed by atoms with Crippen molar-refractivity contribution in [2.75, 3.05) is 20.1 Å². The fraction of sp³-hybridized carbons (Fsp3) is 0.360. The summed E-state index contributed by atoms with van der Waals surface area (Å²) in [4.78, 5) is 29.0. The van der Waals surface area contributed by atoms with E-state index < -0.39 is 0 Å². The molecule has 1 fully saturated rings. The molecule has 2 amide bonds. The van der Waals surface area contributed by atoms with Crippen molar-refractivity contribution in [2.24, 2.45) is 5.92 Å². The summed E-state index contributed by atoms with van der Waals surface area (Å²) in [7, 11) is 1.88. The topological polar surface area (TPSA) is 40.6 Å². The van der Waals surface area contributed by atoms with Gasteiger partial charge in [-0.2, -0.15) is 0 Å². The van der Waals surface area contributed by atoms with E-state index in [0.29, 0.717) is 19.6 Å². The largest absolute Gasteiger partial charge is 0.341 e. The van der Waals surface area contributed by atoms with Crippen LogP contribution in [0.15, 0.2) is 54.6 Å². The molecule has 0 radical (unpaired) electrons. The first-order valence-corrected chi connectivity index (χ1v) is 10.3. The maximum atomic E-state index is 12.9. The van der Waals surface area contributed by atoms with Crippen molar-refractivity contribution in [3.8, 4) is 0 Å². The first-order chi connectivity index (χ1) is 13.9. The fourth-order valence-electron chi connectivity index (χ4n) is 3.85. The Bertz CT molecular complexity index is 881. The number of nitrogens with zero attached hydrogens (tertiary/aromatic N) is 2. The summed E-state index contributed by atoms with van der Waals surface area (Å²) in [5.41, 5.74) is 4.65. The zero-order valence-electron chi connectivity index (χ0n) is 17.6. The highest BCUT2D eigenvalue weighted by Crippen LogP contribution is 2.21. The molecule has 1 aliphatic heterocycles. The number of benzene rings is 2. The van der Waals surface area contributed by atoms with Crippen LogP contribution < -0.4 is 0 Å². The molecule has 0 spiro atoms. The van der Waals surface area contributed by atoms with E-state index in [9.17, 15) is 9.59 Å². The van der Waals surface area contributed by atoms with Gasteiger partial charge in [-0.25, -0.2) is 0 Å². The van der Waals surface area contributed by atoms with Crippen molar-refractivity contribution in [3.05, 3.63) is 76.9 Å². The molecule has 2 aromatic rings. The van der Waals surface area contributed by atoms with Gasteiger partial charge in [0.2, 0.25) is 11.8 Å². The van der Waals surface area contributed by atoms with Gasteiger partial charge in [0.15, 0.2) is 0 Å². The van der Waals surface area contributed by atoms with Crippen molar-refractivity contribution in [2.45, 2.75) is 33.2 Å². The quantitative estimate of drug-likeness (QED) is 0.718. The van der Waals surface area contributed by atoms with Gasteiger partial charge >= 0.3 is 0 Å². The van der Waals surface area contributed by atoms with Gasteiger partial charge in [0.25, 0.3) is 0 Å². The zero-order chi connectivity index (χ0) is 20.8. The standard InChI is InChI=1S/C25H30N2O2/c1-19-9-11-23(20(2)17-19)18-26(3)25(29)22-13-15-27(16-14-22)24(28)12-10-21-7-5-4-6-8-21/h4-12,17,22H,13-16,18H2,1-3H3. The lowest BCUT2D eigenvalue weighted by molar-refractivity contribution is -0.138. The molecule has 1 heterocycles. The van der Waals surface area contributed by atoms with E-state index >= 15 is 0 Å². The average Bonchev–Trinajstić information content (AvgIpc) is 2.74. The van der Waals surface area contributed by atoms with Gasteiger partial charge in [0.05, 0.1) is 0 Å². The normalized spacial score (nSPS) is 14.9. The maximum absolute atomic E-state index is 12.9. The van der Waals surface area contributed by atoms with Crippen molar-refractivity contribution in [3.63, 3.8) is 0 Å². The van der Waals surface area contributed by atoms with Crippen LogP contribution >= 0.6 is 0 Å². The summed E-state index contributed by atoms with van der Waals surface area (Å²) in [6.07, 6.45) is 4.92. The Labute approximate surface area is 173 Å². The van der Waals surface area contributed by atoms with Crippen LogP contribution in [0, 0.1) is 19.8 Å². The van der Waals surface area contributed by atoms with E-state index in [4.69, 9.17) is 0 Å². The minimum absolute atomic E-state index is 0.00657. The van der Waals surface area contributed by atoms with Crippen LogP contribution in [0.3, 0.4) is 0 Å². The first kappa shape index (κ1) is 20.8. The van der Waals surface area contributed by atoms with Gasteiger partial charge in [-0.05, 0) is 49.5 Å². The van der Waals surface area contributed by atoms with Crippen molar-refractivity contribution >= 4 is 17.9 Å². The van der Waals surface area contributed by atoms with Crippen LogP contribution in [-0.4, -0.2) is 41.8 Å². The number of piperidine rings is 1. The monoisotopic (exact) mass is 390 g/mol. The molecule has 3 rings (SSSR count). The minimum Gasteiger partial charge on any atom is -0.341 e. The summed E-state index contributed by atoms with van der Waals surface area (Å²) in [5.74, 6) is 0.188. The van der Waals surface area contributed by atoms with Crippen LogP contribution in [0.1, 0.15) is 35.1 Å². The molecule has 0 saturated carbocycles. The Balaban J connectivity index is 1.51. The molecule has 29 heavy (non-hydrogen) atoms. The highest BCUT2D eigenvalue weighted by Gasteiger charge is 2.28. The summed E-state index contributed by atoms with van der Waals surface area (Å²) < 4.78 is 0. The number of likely N-dealkylation sites (tertiary alicyclic amines) is 1. The Hall–Kier alpha value is -2.88. The second-order valence-corrected chi connectivity index (χ2v) is 7.97. The summed E-state index contributed by atoms with van der Waals surface area (Å²) in [6.45, 7) is 6.06. The number of hydrogen-bond donors (Lipinski definition) is 0. The highest BCUT2D eigenvalue weighted by atomic mass is 16.2. The molecule has 0 N–H and O–H groups in total. The molecule has 4 heteroatoms. The van der Waals surface area contributed by atoms with Crippen LogP contribution in [0.4, 0.5) is 0 Å². The number of carbonyl (C=O) groups is 2. The lowest BCUT2D eigenvalue weighted by atomic mass is 9.95. The van der Waals surface area contributed by atoms with E-state index in [1.165, 1.54) is 16.7 Å². The third-order valence-electron chi connectivity index (χ3n) is 5.66. The molecule has 1 saturated heterocycles. The molecule has 2 aromatic carbocycles. The van der Waals surface area contributed by atoms with Crippen LogP contribution in [-0.2, 0) is 16.1 Å². The van der Waals surface area contributed by atoms with Crippen LogP contribution in [0.25, 0.3) is 6.08 Å². The zero-order valence-corrected chi connectivity index (χ0v) is 17.6. The van der Waals surface area contributed by atoms with Crippen molar-refractivity contribution in [1.29, 1.82) is 0 Å². The van der Waals surface area contributed by atoms with E-state index in [0.717, 1.165) is 18.4 Å². The Morgan fingerprint density at radius 1 is 1.07 bits per heavy atom. The average molecular weight is 391 g/mol. The van der Waals surface area contributed by atoms with Gasteiger partial charge in [-0.1, -0.05) is 54.1 Å². The molecule has 0 aromatic heterocycles. The molecule has 4 nitrogen and oxygen atoms in total. The predicted octanol–water partition coefficient (Wildman–Crippen LogP) is 4.21. The lowest BCUT2D eigenvalue weighted by Gasteiger charge is -2.33. The Morgan fingerprint density at radius 3 is 2.41 bits per heavy atom. The number of amides is 2. The molecule has 0 bridgehead atoms. The van der Waals surface area contributed by atoms with Crippen molar-refractivity contribution in [1.82, 2.24) is 9.80 Å².